The fourth-order valence-electron chi connectivity index (χ4n) is 3.11. The standard InChI is InChI=1S/C20H29N5O/c1-20(2,3)17-4-6-18(7-5-17)22-19(26)25-14-12-23(13-15-25)10-11-24-9-8-21-16-24/h4-9,16H,10-15H2,1-3H3,(H,22,26). The van der Waals surface area contributed by atoms with Crippen LogP contribution in [0.25, 0.3) is 0 Å². The van der Waals surface area contributed by atoms with Crippen molar-refractivity contribution in [1.82, 2.24) is 19.4 Å². The molecule has 2 heterocycles. The Hall–Kier alpha value is -2.34. The number of carbonyl (C=O) groups is 1. The third-order valence-corrected chi connectivity index (χ3v) is 4.90. The Morgan fingerprint density at radius 1 is 1.08 bits per heavy atom. The molecule has 3 rings (SSSR count). The SMILES string of the molecule is CC(C)(C)c1ccc(NC(=O)N2CCN(CCn3ccnc3)CC2)cc1. The Kier molecular flexibility index (Phi) is 5.61. The molecule has 1 aromatic heterocycles. The Morgan fingerprint density at radius 2 is 1.77 bits per heavy atom. The van der Waals surface area contributed by atoms with Gasteiger partial charge in [-0.1, -0.05) is 32.9 Å². The molecule has 1 saturated heterocycles. The van der Waals surface area contributed by atoms with Crippen molar-refractivity contribution < 1.29 is 4.79 Å². The van der Waals surface area contributed by atoms with Gasteiger partial charge in [-0.2, -0.15) is 0 Å². The number of piperazine rings is 1. The summed E-state index contributed by atoms with van der Waals surface area (Å²) in [6.45, 7) is 11.8. The summed E-state index contributed by atoms with van der Waals surface area (Å²) in [4.78, 5) is 20.8. The predicted molar refractivity (Wildman–Crippen MR) is 104 cm³/mol. The zero-order chi connectivity index (χ0) is 18.6. The lowest BCUT2D eigenvalue weighted by molar-refractivity contribution is 0.144. The lowest BCUT2D eigenvalue weighted by Crippen LogP contribution is -2.50. The summed E-state index contributed by atoms with van der Waals surface area (Å²) in [6, 6.07) is 8.13. The van der Waals surface area contributed by atoms with E-state index in [1.54, 1.807) is 6.20 Å². The van der Waals surface area contributed by atoms with Crippen molar-refractivity contribution in [3.8, 4) is 0 Å². The van der Waals surface area contributed by atoms with Crippen molar-refractivity contribution in [3.63, 3.8) is 0 Å². The number of imidazole rings is 1. The number of amides is 2. The summed E-state index contributed by atoms with van der Waals surface area (Å²) < 4.78 is 2.08. The highest BCUT2D eigenvalue weighted by molar-refractivity contribution is 5.89. The molecule has 1 fully saturated rings. The molecule has 140 valence electrons. The van der Waals surface area contributed by atoms with Gasteiger partial charge in [0, 0.05) is 57.3 Å². The van der Waals surface area contributed by atoms with Crippen LogP contribution in [-0.4, -0.2) is 58.1 Å². The van der Waals surface area contributed by atoms with Crippen molar-refractivity contribution in [2.75, 3.05) is 38.0 Å². The maximum absolute atomic E-state index is 12.5. The monoisotopic (exact) mass is 355 g/mol. The third kappa shape index (κ3) is 4.85. The van der Waals surface area contributed by atoms with Crippen LogP contribution >= 0.6 is 0 Å². The van der Waals surface area contributed by atoms with Gasteiger partial charge >= 0.3 is 6.03 Å². The average molecular weight is 355 g/mol. The van der Waals surface area contributed by atoms with Crippen LogP contribution in [0.2, 0.25) is 0 Å². The van der Waals surface area contributed by atoms with Crippen molar-refractivity contribution in [2.45, 2.75) is 32.7 Å². The normalized spacial score (nSPS) is 15.9. The molecule has 0 bridgehead atoms. The van der Waals surface area contributed by atoms with Crippen LogP contribution in [0.3, 0.4) is 0 Å². The smallest absolute Gasteiger partial charge is 0.321 e. The molecule has 0 spiro atoms. The lowest BCUT2D eigenvalue weighted by atomic mass is 9.87. The highest BCUT2D eigenvalue weighted by Gasteiger charge is 2.21. The maximum Gasteiger partial charge on any atom is 0.321 e. The van der Waals surface area contributed by atoms with Gasteiger partial charge in [0.1, 0.15) is 0 Å². The molecule has 1 N–H and O–H groups in total. The van der Waals surface area contributed by atoms with Crippen molar-refractivity contribution in [1.29, 1.82) is 0 Å². The number of benzene rings is 1. The molecule has 2 aromatic rings. The zero-order valence-electron chi connectivity index (χ0n) is 16.0. The van der Waals surface area contributed by atoms with E-state index in [0.29, 0.717) is 0 Å². The second-order valence-corrected chi connectivity index (χ2v) is 7.89. The zero-order valence-corrected chi connectivity index (χ0v) is 16.0. The first-order valence-corrected chi connectivity index (χ1v) is 9.26. The number of hydrogen-bond donors (Lipinski definition) is 1. The Morgan fingerprint density at radius 3 is 2.35 bits per heavy atom. The average Bonchev–Trinajstić information content (AvgIpc) is 3.13. The molecule has 1 aliphatic rings. The number of rotatable bonds is 4. The van der Waals surface area contributed by atoms with Gasteiger partial charge in [0.15, 0.2) is 0 Å². The highest BCUT2D eigenvalue weighted by atomic mass is 16.2. The van der Waals surface area contributed by atoms with E-state index in [1.807, 2.05) is 29.6 Å². The summed E-state index contributed by atoms with van der Waals surface area (Å²) in [7, 11) is 0. The second-order valence-electron chi connectivity index (χ2n) is 7.89. The molecule has 0 radical (unpaired) electrons. The second kappa shape index (κ2) is 7.91. The number of carbonyl (C=O) groups excluding carboxylic acids is 1. The summed E-state index contributed by atoms with van der Waals surface area (Å²) in [5.74, 6) is 0. The molecule has 0 atom stereocenters. The van der Waals surface area contributed by atoms with Gasteiger partial charge in [-0.25, -0.2) is 9.78 Å². The molecular weight excluding hydrogens is 326 g/mol. The molecule has 1 aromatic carbocycles. The van der Waals surface area contributed by atoms with Crippen molar-refractivity contribution >= 4 is 11.7 Å². The van der Waals surface area contributed by atoms with Crippen LogP contribution in [0.5, 0.6) is 0 Å². The number of aromatic nitrogens is 2. The van der Waals surface area contributed by atoms with E-state index in [-0.39, 0.29) is 11.4 Å². The van der Waals surface area contributed by atoms with E-state index >= 15 is 0 Å². The third-order valence-electron chi connectivity index (χ3n) is 4.90. The number of hydrogen-bond acceptors (Lipinski definition) is 3. The Bertz CT molecular complexity index is 695. The van der Waals surface area contributed by atoms with Crippen LogP contribution in [0.15, 0.2) is 43.0 Å². The molecular formula is C20H29N5O. The molecule has 26 heavy (non-hydrogen) atoms. The topological polar surface area (TPSA) is 53.4 Å². The molecule has 0 aliphatic carbocycles. The number of nitrogens with zero attached hydrogens (tertiary/aromatic N) is 4. The van der Waals surface area contributed by atoms with E-state index < -0.39 is 0 Å². The van der Waals surface area contributed by atoms with Crippen LogP contribution < -0.4 is 5.32 Å². The largest absolute Gasteiger partial charge is 0.336 e. The first kappa shape index (κ1) is 18.5. The fourth-order valence-corrected chi connectivity index (χ4v) is 3.11. The van der Waals surface area contributed by atoms with Gasteiger partial charge in [0.05, 0.1) is 6.33 Å². The van der Waals surface area contributed by atoms with Gasteiger partial charge in [0.2, 0.25) is 0 Å². The number of nitrogens with one attached hydrogen (secondary N) is 1. The number of urea groups is 1. The molecule has 6 heteroatoms. The molecule has 2 amide bonds. The predicted octanol–water partition coefficient (Wildman–Crippen LogP) is 3.03. The van der Waals surface area contributed by atoms with Gasteiger partial charge in [-0.05, 0) is 23.1 Å². The summed E-state index contributed by atoms with van der Waals surface area (Å²) in [5, 5.41) is 3.02. The Balaban J connectivity index is 1.44. The van der Waals surface area contributed by atoms with Crippen molar-refractivity contribution in [2.24, 2.45) is 0 Å². The first-order valence-electron chi connectivity index (χ1n) is 9.26. The molecule has 0 unspecified atom stereocenters. The maximum atomic E-state index is 12.5. The van der Waals surface area contributed by atoms with Crippen LogP contribution in [0, 0.1) is 0 Å². The number of anilines is 1. The highest BCUT2D eigenvalue weighted by Crippen LogP contribution is 2.23. The van der Waals surface area contributed by atoms with E-state index in [2.05, 4.69) is 52.7 Å². The van der Waals surface area contributed by atoms with Crippen LogP contribution in [0.4, 0.5) is 10.5 Å². The van der Waals surface area contributed by atoms with Gasteiger partial charge in [-0.15, -0.1) is 0 Å². The molecule has 1 aliphatic heterocycles. The minimum absolute atomic E-state index is 0.0113. The summed E-state index contributed by atoms with van der Waals surface area (Å²) in [5.41, 5.74) is 2.24. The van der Waals surface area contributed by atoms with Crippen molar-refractivity contribution in [3.05, 3.63) is 48.5 Å². The van der Waals surface area contributed by atoms with Crippen LogP contribution in [-0.2, 0) is 12.0 Å². The van der Waals surface area contributed by atoms with E-state index in [9.17, 15) is 4.79 Å². The van der Waals surface area contributed by atoms with E-state index in [1.165, 1.54) is 5.56 Å². The lowest BCUT2D eigenvalue weighted by Gasteiger charge is -2.34. The van der Waals surface area contributed by atoms with Crippen LogP contribution in [0.1, 0.15) is 26.3 Å². The minimum atomic E-state index is -0.0113. The molecule has 0 saturated carbocycles. The van der Waals surface area contributed by atoms with E-state index in [4.69, 9.17) is 0 Å². The first-order chi connectivity index (χ1) is 12.4. The van der Waals surface area contributed by atoms with Gasteiger partial charge < -0.3 is 14.8 Å². The fraction of sp³-hybridized carbons (Fsp3) is 0.500. The quantitative estimate of drug-likeness (QED) is 0.917. The summed E-state index contributed by atoms with van der Waals surface area (Å²) in [6.07, 6.45) is 5.62. The van der Waals surface area contributed by atoms with E-state index in [0.717, 1.165) is 45.0 Å². The molecule has 6 nitrogen and oxygen atoms in total. The minimum Gasteiger partial charge on any atom is -0.336 e. The Labute approximate surface area is 155 Å². The van der Waals surface area contributed by atoms with Gasteiger partial charge in [-0.3, -0.25) is 4.90 Å². The van der Waals surface area contributed by atoms with Gasteiger partial charge in [0.25, 0.3) is 0 Å². The summed E-state index contributed by atoms with van der Waals surface area (Å²) >= 11 is 0.